The van der Waals surface area contributed by atoms with Gasteiger partial charge < -0.3 is 10.1 Å². The highest BCUT2D eigenvalue weighted by atomic mass is 32.1. The standard InChI is InChI=1S/C14H14F3NOS/c1-3-18-14(13-4-8(19-2)7-20-13)9-5-11(16)12(17)6-10(9)15/h4-7,14,18H,3H2,1-2H3. The summed E-state index contributed by atoms with van der Waals surface area (Å²) in [6.07, 6.45) is 0. The van der Waals surface area contributed by atoms with Crippen LogP contribution in [0.25, 0.3) is 0 Å². The van der Waals surface area contributed by atoms with Crippen molar-refractivity contribution in [3.05, 3.63) is 51.5 Å². The van der Waals surface area contributed by atoms with Crippen molar-refractivity contribution in [2.45, 2.75) is 13.0 Å². The van der Waals surface area contributed by atoms with Crippen LogP contribution in [-0.2, 0) is 0 Å². The number of hydrogen-bond donors (Lipinski definition) is 1. The lowest BCUT2D eigenvalue weighted by Crippen LogP contribution is -2.22. The SMILES string of the molecule is CCNC(c1cc(OC)cs1)c1cc(F)c(F)cc1F. The molecule has 0 saturated heterocycles. The van der Waals surface area contributed by atoms with Gasteiger partial charge in [-0.2, -0.15) is 0 Å². The minimum absolute atomic E-state index is 0.0789. The molecular weight excluding hydrogens is 287 g/mol. The smallest absolute Gasteiger partial charge is 0.161 e. The first-order valence-corrected chi connectivity index (χ1v) is 6.95. The van der Waals surface area contributed by atoms with Crippen molar-refractivity contribution < 1.29 is 17.9 Å². The van der Waals surface area contributed by atoms with Crippen molar-refractivity contribution in [1.29, 1.82) is 0 Å². The molecule has 0 saturated carbocycles. The van der Waals surface area contributed by atoms with E-state index < -0.39 is 23.5 Å². The van der Waals surface area contributed by atoms with Gasteiger partial charge in [0.25, 0.3) is 0 Å². The van der Waals surface area contributed by atoms with Gasteiger partial charge in [0.15, 0.2) is 11.6 Å². The number of ether oxygens (including phenoxy) is 1. The second-order valence-electron chi connectivity index (χ2n) is 4.17. The van der Waals surface area contributed by atoms with Crippen LogP contribution in [0.15, 0.2) is 23.6 Å². The Balaban J connectivity index is 2.45. The molecule has 108 valence electrons. The maximum atomic E-state index is 13.9. The Bertz CT molecular complexity index is 600. The van der Waals surface area contributed by atoms with Crippen molar-refractivity contribution in [2.75, 3.05) is 13.7 Å². The van der Waals surface area contributed by atoms with Crippen LogP contribution in [0, 0.1) is 17.5 Å². The Labute approximate surface area is 119 Å². The molecule has 1 aromatic heterocycles. The molecule has 1 N–H and O–H groups in total. The highest BCUT2D eigenvalue weighted by Gasteiger charge is 2.21. The van der Waals surface area contributed by atoms with Crippen LogP contribution in [0.4, 0.5) is 13.2 Å². The fourth-order valence-electron chi connectivity index (χ4n) is 1.92. The fraction of sp³-hybridized carbons (Fsp3) is 0.286. The second kappa shape index (κ2) is 6.28. The summed E-state index contributed by atoms with van der Waals surface area (Å²) in [7, 11) is 1.53. The summed E-state index contributed by atoms with van der Waals surface area (Å²) in [4.78, 5) is 0.772. The van der Waals surface area contributed by atoms with Crippen LogP contribution in [0.5, 0.6) is 5.75 Å². The van der Waals surface area contributed by atoms with Crippen LogP contribution >= 0.6 is 11.3 Å². The lowest BCUT2D eigenvalue weighted by atomic mass is 10.0. The van der Waals surface area contributed by atoms with Gasteiger partial charge in [0.1, 0.15) is 11.6 Å². The second-order valence-corrected chi connectivity index (χ2v) is 5.11. The molecule has 1 atom stereocenters. The summed E-state index contributed by atoms with van der Waals surface area (Å²) in [5.41, 5.74) is 0.0789. The first-order valence-electron chi connectivity index (χ1n) is 6.07. The van der Waals surface area contributed by atoms with Crippen LogP contribution < -0.4 is 10.1 Å². The summed E-state index contributed by atoms with van der Waals surface area (Å²) >= 11 is 1.37. The Morgan fingerprint density at radius 1 is 1.15 bits per heavy atom. The van der Waals surface area contributed by atoms with E-state index in [1.54, 1.807) is 11.4 Å². The molecule has 0 aliphatic carbocycles. The zero-order valence-corrected chi connectivity index (χ0v) is 11.9. The lowest BCUT2D eigenvalue weighted by Gasteiger charge is -2.17. The van der Waals surface area contributed by atoms with Crippen molar-refractivity contribution in [1.82, 2.24) is 5.32 Å². The summed E-state index contributed by atoms with van der Waals surface area (Å²) in [5, 5.41) is 4.84. The van der Waals surface area contributed by atoms with Gasteiger partial charge in [-0.15, -0.1) is 11.3 Å². The Morgan fingerprint density at radius 2 is 1.85 bits per heavy atom. The topological polar surface area (TPSA) is 21.3 Å². The monoisotopic (exact) mass is 301 g/mol. The van der Waals surface area contributed by atoms with Gasteiger partial charge in [-0.05, 0) is 18.7 Å². The fourth-order valence-corrected chi connectivity index (χ4v) is 2.87. The average Bonchev–Trinajstić information content (AvgIpc) is 2.89. The molecule has 0 aliphatic rings. The van der Waals surface area contributed by atoms with Crippen LogP contribution in [-0.4, -0.2) is 13.7 Å². The number of halogens is 3. The first kappa shape index (κ1) is 14.9. The number of benzene rings is 1. The highest BCUT2D eigenvalue weighted by Crippen LogP contribution is 2.32. The average molecular weight is 301 g/mol. The minimum atomic E-state index is -1.19. The maximum absolute atomic E-state index is 13.9. The number of thiophene rings is 1. The number of hydrogen-bond acceptors (Lipinski definition) is 3. The summed E-state index contributed by atoms with van der Waals surface area (Å²) < 4.78 is 45.4. The molecule has 0 spiro atoms. The Hall–Kier alpha value is -1.53. The normalized spacial score (nSPS) is 12.4. The zero-order valence-electron chi connectivity index (χ0n) is 11.0. The van der Waals surface area contributed by atoms with E-state index in [4.69, 9.17) is 4.74 Å². The minimum Gasteiger partial charge on any atom is -0.496 e. The molecule has 1 unspecified atom stereocenters. The first-order chi connectivity index (χ1) is 9.56. The summed E-state index contributed by atoms with van der Waals surface area (Å²) in [6, 6.07) is 2.67. The molecule has 0 bridgehead atoms. The third-order valence-corrected chi connectivity index (χ3v) is 3.85. The molecule has 20 heavy (non-hydrogen) atoms. The van der Waals surface area contributed by atoms with Gasteiger partial charge in [0, 0.05) is 21.9 Å². The van der Waals surface area contributed by atoms with Crippen LogP contribution in [0.3, 0.4) is 0 Å². The summed E-state index contributed by atoms with van der Waals surface area (Å²) in [5.74, 6) is -2.38. The van der Waals surface area contributed by atoms with Crippen molar-refractivity contribution in [3.63, 3.8) is 0 Å². The number of rotatable bonds is 5. The van der Waals surface area contributed by atoms with Crippen LogP contribution in [0.1, 0.15) is 23.4 Å². The molecule has 0 aliphatic heterocycles. The van der Waals surface area contributed by atoms with Gasteiger partial charge in [-0.25, -0.2) is 13.2 Å². The van der Waals surface area contributed by atoms with Crippen LogP contribution in [0.2, 0.25) is 0 Å². The van der Waals surface area contributed by atoms with Gasteiger partial charge in [0.2, 0.25) is 0 Å². The molecule has 2 nitrogen and oxygen atoms in total. The zero-order chi connectivity index (χ0) is 14.7. The molecular formula is C14H14F3NOS. The maximum Gasteiger partial charge on any atom is 0.161 e. The number of nitrogens with one attached hydrogen (secondary N) is 1. The van der Waals surface area contributed by atoms with Gasteiger partial charge >= 0.3 is 0 Å². The van der Waals surface area contributed by atoms with E-state index >= 15 is 0 Å². The van der Waals surface area contributed by atoms with E-state index in [0.717, 1.165) is 10.9 Å². The lowest BCUT2D eigenvalue weighted by molar-refractivity contribution is 0.416. The van der Waals surface area contributed by atoms with E-state index in [-0.39, 0.29) is 5.56 Å². The van der Waals surface area contributed by atoms with Crippen molar-refractivity contribution >= 4 is 11.3 Å². The molecule has 0 amide bonds. The van der Waals surface area contributed by atoms with Crippen molar-refractivity contribution in [2.24, 2.45) is 0 Å². The molecule has 2 rings (SSSR count). The largest absolute Gasteiger partial charge is 0.496 e. The Morgan fingerprint density at radius 3 is 2.45 bits per heavy atom. The van der Waals surface area contributed by atoms with Gasteiger partial charge in [-0.1, -0.05) is 6.92 Å². The van der Waals surface area contributed by atoms with E-state index in [0.29, 0.717) is 18.4 Å². The third-order valence-electron chi connectivity index (χ3n) is 2.87. The Kier molecular flexibility index (Phi) is 4.67. The van der Waals surface area contributed by atoms with E-state index in [1.165, 1.54) is 18.4 Å². The van der Waals surface area contributed by atoms with E-state index in [1.807, 2.05) is 6.92 Å². The highest BCUT2D eigenvalue weighted by molar-refractivity contribution is 7.10. The molecule has 0 radical (unpaired) electrons. The predicted octanol–water partition coefficient (Wildman–Crippen LogP) is 3.87. The molecule has 2 aromatic rings. The van der Waals surface area contributed by atoms with E-state index in [9.17, 15) is 13.2 Å². The van der Waals surface area contributed by atoms with E-state index in [2.05, 4.69) is 5.32 Å². The van der Waals surface area contributed by atoms with Gasteiger partial charge in [-0.3, -0.25) is 0 Å². The van der Waals surface area contributed by atoms with Crippen molar-refractivity contribution in [3.8, 4) is 5.75 Å². The summed E-state index contributed by atoms with van der Waals surface area (Å²) in [6.45, 7) is 2.42. The molecule has 0 fully saturated rings. The van der Waals surface area contributed by atoms with Gasteiger partial charge in [0.05, 0.1) is 13.2 Å². The number of methoxy groups -OCH3 is 1. The third kappa shape index (κ3) is 2.96. The predicted molar refractivity (Wildman–Crippen MR) is 72.7 cm³/mol. The molecule has 1 heterocycles. The molecule has 6 heteroatoms. The quantitative estimate of drug-likeness (QED) is 0.846. The molecule has 1 aromatic carbocycles.